The molecule has 0 saturated heterocycles. The molecule has 0 fully saturated rings. The van der Waals surface area contributed by atoms with Gasteiger partial charge in [-0.2, -0.15) is 0 Å². The third-order valence-corrected chi connectivity index (χ3v) is 14.9. The van der Waals surface area contributed by atoms with Crippen LogP contribution in [0.25, 0.3) is 22.3 Å². The summed E-state index contributed by atoms with van der Waals surface area (Å²) in [4.78, 5) is 9.07. The number of fused-ring (bicyclic) bond motifs is 3. The van der Waals surface area contributed by atoms with E-state index in [1.807, 2.05) is 36.5 Å². The molecule has 0 radical (unpaired) electrons. The Morgan fingerprint density at radius 2 is 1.59 bits per heavy atom. The number of benzene rings is 3. The van der Waals surface area contributed by atoms with Gasteiger partial charge in [-0.25, -0.2) is 0 Å². The van der Waals surface area contributed by atoms with Crippen LogP contribution in [0.3, 0.4) is 0 Å². The molecule has 0 aliphatic carbocycles. The number of ether oxygens (including phenoxy) is 1. The van der Waals surface area contributed by atoms with Crippen molar-refractivity contribution in [2.45, 2.75) is 6.92 Å². The maximum atomic E-state index is 5.91. The molecular weight excluding hydrogens is 796 g/mol. The average Bonchev–Trinajstić information content (AvgIpc) is 3.18. The van der Waals surface area contributed by atoms with Crippen LogP contribution in [0, 0.1) is 19.1 Å². The van der Waals surface area contributed by atoms with Gasteiger partial charge in [0.1, 0.15) is 0 Å². The van der Waals surface area contributed by atoms with E-state index in [1.54, 1.807) is 6.20 Å². The minimum Gasteiger partial charge on any atom is 2.00 e. The van der Waals surface area contributed by atoms with Gasteiger partial charge in [-0.05, 0) is 0 Å². The molecule has 1 aliphatic heterocycles. The first kappa shape index (κ1) is 23.1. The van der Waals surface area contributed by atoms with Crippen LogP contribution in [0.5, 0.6) is 11.6 Å². The number of hydrogen-bond acceptors (Lipinski definition) is 3. The monoisotopic (exact) mass is 815 g/mol. The summed E-state index contributed by atoms with van der Waals surface area (Å²) in [6.07, 6.45) is 3.66. The number of nitrogens with zero attached hydrogens (tertiary/aromatic N) is 2. The molecule has 6 rings (SSSR count). The Bertz CT molecular complexity index is 1470. The van der Waals surface area contributed by atoms with E-state index in [4.69, 9.17) is 9.72 Å². The summed E-state index contributed by atoms with van der Waals surface area (Å²) in [5.74, 6) is 1.20. The molecule has 3 heterocycles. The number of hydrogen-bond donors (Lipinski definition) is 0. The smallest absolute Gasteiger partial charge is 2.00 e. The van der Waals surface area contributed by atoms with Crippen molar-refractivity contribution < 1.29 is 25.8 Å². The standard InChI is InChI=1S/C23H13NO.C6H6N.Bi.Pt/c1-2-7-18(8-3-1)19-12-14-20(15-13-19)21-9-6-10-22(17-21)25-23-11-4-5-16-24-23;1-6-2-4-7-5-3-6;;/h1-7,9-12,14,16H;2-4H,1H3;;/q-2;;;+2. The van der Waals surface area contributed by atoms with Crippen molar-refractivity contribution in [2.24, 2.45) is 0 Å². The molecule has 0 spiro atoms. The maximum Gasteiger partial charge on any atom is 2.00 e. The Labute approximate surface area is 221 Å². The fourth-order valence-corrected chi connectivity index (χ4v) is 14.1. The van der Waals surface area contributed by atoms with Crippen LogP contribution in [0.2, 0.25) is 0 Å². The average molecular weight is 816 g/mol. The molecule has 0 atom stereocenters. The summed E-state index contributed by atoms with van der Waals surface area (Å²) in [5, 5.41) is 0. The molecule has 34 heavy (non-hydrogen) atoms. The van der Waals surface area contributed by atoms with Crippen molar-refractivity contribution in [1.82, 2.24) is 9.97 Å². The van der Waals surface area contributed by atoms with Gasteiger partial charge < -0.3 is 0 Å². The van der Waals surface area contributed by atoms with Crippen molar-refractivity contribution in [2.75, 3.05) is 0 Å². The van der Waals surface area contributed by atoms with Gasteiger partial charge in [0, 0.05) is 0 Å². The summed E-state index contributed by atoms with van der Waals surface area (Å²) in [7, 11) is 0. The summed E-state index contributed by atoms with van der Waals surface area (Å²) in [6.45, 7) is 2.14. The molecule has 0 N–H and O–H groups in total. The molecule has 3 nitrogen and oxygen atoms in total. The Balaban J connectivity index is 0.00000241. The number of aryl methyl sites for hydroxylation is 1. The summed E-state index contributed by atoms with van der Waals surface area (Å²) in [6, 6.07) is 36.3. The van der Waals surface area contributed by atoms with E-state index >= 15 is 0 Å². The predicted molar refractivity (Wildman–Crippen MR) is 133 cm³/mol. The van der Waals surface area contributed by atoms with Crippen molar-refractivity contribution >= 4 is 31.7 Å². The molecule has 0 saturated carbocycles. The Morgan fingerprint density at radius 3 is 2.44 bits per heavy atom. The van der Waals surface area contributed by atoms with E-state index in [0.717, 1.165) is 11.1 Å². The van der Waals surface area contributed by atoms with Gasteiger partial charge in [0.15, 0.2) is 0 Å². The van der Waals surface area contributed by atoms with Crippen LogP contribution < -0.4 is 14.7 Å². The van der Waals surface area contributed by atoms with Crippen molar-refractivity contribution in [3.05, 3.63) is 115 Å². The van der Waals surface area contributed by atoms with Gasteiger partial charge in [-0.1, -0.05) is 0 Å². The van der Waals surface area contributed by atoms with Crippen LogP contribution in [0.15, 0.2) is 97.3 Å². The molecular formula is C29H19BiN2OPt. The maximum absolute atomic E-state index is 5.91. The van der Waals surface area contributed by atoms with E-state index < -0.39 is 21.8 Å². The predicted octanol–water partition coefficient (Wildman–Crippen LogP) is 4.34. The Kier molecular flexibility index (Phi) is 6.73. The molecule has 5 aromatic rings. The molecule has 166 valence electrons. The van der Waals surface area contributed by atoms with Crippen LogP contribution in [0.4, 0.5) is 0 Å². The molecule has 0 amide bonds. The van der Waals surface area contributed by atoms with E-state index in [1.165, 1.54) is 26.6 Å². The van der Waals surface area contributed by atoms with Gasteiger partial charge in [0.05, 0.1) is 0 Å². The van der Waals surface area contributed by atoms with E-state index in [2.05, 4.69) is 78.6 Å². The Hall–Kier alpha value is -2.67. The SMILES string of the molecule is Cc1ccn[c]([Bi]2[c]3[c-]c(-c4[c-]c(Oc5ccccn5)ccc4)ccc3-c3cccc[c]32)c1.[Pt+2]. The van der Waals surface area contributed by atoms with Crippen LogP contribution in [-0.4, -0.2) is 31.7 Å². The normalized spacial score (nSPS) is 11.9. The van der Waals surface area contributed by atoms with Crippen molar-refractivity contribution in [3.8, 4) is 33.9 Å². The largest absolute Gasteiger partial charge is 2.00 e. The van der Waals surface area contributed by atoms with E-state index in [9.17, 15) is 0 Å². The molecule has 0 bridgehead atoms. The molecule has 0 unspecified atom stereocenters. The summed E-state index contributed by atoms with van der Waals surface area (Å²) < 4.78 is 9.99. The zero-order chi connectivity index (χ0) is 22.2. The van der Waals surface area contributed by atoms with E-state index in [0.29, 0.717) is 11.6 Å². The van der Waals surface area contributed by atoms with Gasteiger partial charge in [0.25, 0.3) is 0 Å². The van der Waals surface area contributed by atoms with Gasteiger partial charge in [-0.3, -0.25) is 0 Å². The van der Waals surface area contributed by atoms with E-state index in [-0.39, 0.29) is 21.1 Å². The first-order valence-corrected chi connectivity index (χ1v) is 16.0. The van der Waals surface area contributed by atoms with Crippen molar-refractivity contribution in [1.29, 1.82) is 0 Å². The third kappa shape index (κ3) is 4.38. The van der Waals surface area contributed by atoms with Crippen LogP contribution >= 0.6 is 0 Å². The molecule has 1 aliphatic rings. The first-order valence-electron chi connectivity index (χ1n) is 10.8. The fourth-order valence-electron chi connectivity index (χ4n) is 4.11. The first-order chi connectivity index (χ1) is 16.3. The number of pyridine rings is 2. The second kappa shape index (κ2) is 9.90. The zero-order valence-electron chi connectivity index (χ0n) is 18.3. The van der Waals surface area contributed by atoms with Crippen LogP contribution in [-0.2, 0) is 21.1 Å². The summed E-state index contributed by atoms with van der Waals surface area (Å²) in [5.41, 5.74) is 5.89. The van der Waals surface area contributed by atoms with Crippen molar-refractivity contribution in [3.63, 3.8) is 0 Å². The molecule has 3 aromatic carbocycles. The van der Waals surface area contributed by atoms with Crippen LogP contribution in [0.1, 0.15) is 5.56 Å². The Morgan fingerprint density at radius 1 is 0.735 bits per heavy atom. The van der Waals surface area contributed by atoms with Gasteiger partial charge in [0.2, 0.25) is 0 Å². The second-order valence-corrected chi connectivity index (χ2v) is 15.9. The van der Waals surface area contributed by atoms with Gasteiger partial charge in [-0.15, -0.1) is 0 Å². The van der Waals surface area contributed by atoms with Gasteiger partial charge >= 0.3 is 223 Å². The molecule has 5 heteroatoms. The summed E-state index contributed by atoms with van der Waals surface area (Å²) >= 11 is -2.53. The second-order valence-electron chi connectivity index (χ2n) is 7.88. The third-order valence-electron chi connectivity index (χ3n) is 5.62. The molecule has 2 aromatic heterocycles. The minimum atomic E-state index is -2.53. The number of aromatic nitrogens is 2. The quantitative estimate of drug-likeness (QED) is 0.197. The fraction of sp³-hybridized carbons (Fsp3) is 0.0345. The zero-order valence-corrected chi connectivity index (χ0v) is 24.1. The topological polar surface area (TPSA) is 35.0 Å². The number of rotatable bonds is 4. The minimum absolute atomic E-state index is 0.